The van der Waals surface area contributed by atoms with E-state index in [1.54, 1.807) is 0 Å². The average molecular weight is 299 g/mol. The number of halogens is 2. The third kappa shape index (κ3) is 4.01. The zero-order chi connectivity index (χ0) is 15.9. The molecule has 0 fully saturated rings. The highest BCUT2D eigenvalue weighted by atomic mass is 19.1. The van der Waals surface area contributed by atoms with Gasteiger partial charge in [0.1, 0.15) is 11.6 Å². The van der Waals surface area contributed by atoms with Gasteiger partial charge in [0, 0.05) is 12.2 Å². The van der Waals surface area contributed by atoms with Crippen LogP contribution in [-0.2, 0) is 4.74 Å². The van der Waals surface area contributed by atoms with Crippen LogP contribution in [0.1, 0.15) is 58.6 Å². The molecule has 0 spiro atoms. The van der Waals surface area contributed by atoms with Gasteiger partial charge < -0.3 is 10.1 Å². The summed E-state index contributed by atoms with van der Waals surface area (Å²) in [7, 11) is 0. The third-order valence-corrected chi connectivity index (χ3v) is 4.04. The molecule has 0 aliphatic carbocycles. The molecule has 1 aromatic carbocycles. The lowest BCUT2D eigenvalue weighted by Crippen LogP contribution is -2.46. The lowest BCUT2D eigenvalue weighted by molar-refractivity contribution is -0.0747. The van der Waals surface area contributed by atoms with E-state index in [2.05, 4.69) is 5.32 Å². The predicted molar refractivity (Wildman–Crippen MR) is 82.3 cm³/mol. The minimum Gasteiger partial charge on any atom is -0.373 e. The molecule has 1 unspecified atom stereocenters. The summed E-state index contributed by atoms with van der Waals surface area (Å²) < 4.78 is 34.4. The van der Waals surface area contributed by atoms with Crippen LogP contribution < -0.4 is 5.32 Å². The number of hydrogen-bond donors (Lipinski definition) is 1. The van der Waals surface area contributed by atoms with Gasteiger partial charge in [0.2, 0.25) is 0 Å². The first-order chi connectivity index (χ1) is 10.1. The molecule has 0 aromatic heterocycles. The van der Waals surface area contributed by atoms with Crippen molar-refractivity contribution in [2.45, 2.75) is 58.6 Å². The SMILES string of the molecule is CCCNC(c1c(F)cccc1F)C(CC)(CC)OCC. The summed E-state index contributed by atoms with van der Waals surface area (Å²) in [5, 5.41) is 3.29. The fourth-order valence-electron chi connectivity index (χ4n) is 2.86. The summed E-state index contributed by atoms with van der Waals surface area (Å²) in [5.74, 6) is -1.04. The van der Waals surface area contributed by atoms with Gasteiger partial charge in [-0.2, -0.15) is 0 Å². The number of rotatable bonds is 9. The summed E-state index contributed by atoms with van der Waals surface area (Å²) in [4.78, 5) is 0. The van der Waals surface area contributed by atoms with Crippen LogP contribution in [0.3, 0.4) is 0 Å². The van der Waals surface area contributed by atoms with Crippen molar-refractivity contribution in [1.29, 1.82) is 0 Å². The molecule has 1 rings (SSSR count). The summed E-state index contributed by atoms with van der Waals surface area (Å²) in [6, 6.07) is 3.52. The van der Waals surface area contributed by atoms with E-state index in [0.717, 1.165) is 6.42 Å². The maximum atomic E-state index is 14.2. The van der Waals surface area contributed by atoms with Gasteiger partial charge in [0.05, 0.1) is 11.6 Å². The van der Waals surface area contributed by atoms with Gasteiger partial charge >= 0.3 is 0 Å². The lowest BCUT2D eigenvalue weighted by atomic mass is 9.83. The Morgan fingerprint density at radius 1 is 1.10 bits per heavy atom. The van der Waals surface area contributed by atoms with Crippen LogP contribution in [0, 0.1) is 11.6 Å². The Bertz CT molecular complexity index is 413. The van der Waals surface area contributed by atoms with Gasteiger partial charge in [0.25, 0.3) is 0 Å². The van der Waals surface area contributed by atoms with Gasteiger partial charge in [-0.15, -0.1) is 0 Å². The Hall–Kier alpha value is -1.00. The minimum absolute atomic E-state index is 0.0862. The Morgan fingerprint density at radius 3 is 2.10 bits per heavy atom. The lowest BCUT2D eigenvalue weighted by Gasteiger charge is -2.40. The van der Waals surface area contributed by atoms with Crippen molar-refractivity contribution in [3.8, 4) is 0 Å². The van der Waals surface area contributed by atoms with Gasteiger partial charge in [-0.25, -0.2) is 8.78 Å². The molecule has 0 bridgehead atoms. The van der Waals surface area contributed by atoms with E-state index < -0.39 is 23.3 Å². The molecule has 0 heterocycles. The van der Waals surface area contributed by atoms with E-state index in [9.17, 15) is 8.78 Å². The molecule has 1 aromatic rings. The van der Waals surface area contributed by atoms with Crippen molar-refractivity contribution in [3.05, 3.63) is 35.4 Å². The first-order valence-corrected chi connectivity index (χ1v) is 7.87. The second kappa shape index (κ2) is 8.44. The Balaban J connectivity index is 3.32. The monoisotopic (exact) mass is 299 g/mol. The largest absolute Gasteiger partial charge is 0.373 e. The van der Waals surface area contributed by atoms with Gasteiger partial charge in [0.15, 0.2) is 0 Å². The van der Waals surface area contributed by atoms with E-state index >= 15 is 0 Å². The molecule has 0 saturated heterocycles. The van der Waals surface area contributed by atoms with Gasteiger partial charge in [-0.1, -0.05) is 26.8 Å². The third-order valence-electron chi connectivity index (χ3n) is 4.04. The van der Waals surface area contributed by atoms with Crippen molar-refractivity contribution in [2.24, 2.45) is 0 Å². The molecule has 120 valence electrons. The zero-order valence-corrected chi connectivity index (χ0v) is 13.5. The molecule has 0 aliphatic rings. The molecule has 0 amide bonds. The van der Waals surface area contributed by atoms with Crippen LogP contribution in [0.25, 0.3) is 0 Å². The fourth-order valence-corrected chi connectivity index (χ4v) is 2.86. The van der Waals surface area contributed by atoms with Crippen LogP contribution in [0.5, 0.6) is 0 Å². The zero-order valence-electron chi connectivity index (χ0n) is 13.5. The van der Waals surface area contributed by atoms with E-state index in [1.165, 1.54) is 18.2 Å². The summed E-state index contributed by atoms with van der Waals surface area (Å²) >= 11 is 0. The van der Waals surface area contributed by atoms with Gasteiger partial charge in [-0.3, -0.25) is 0 Å². The minimum atomic E-state index is -0.604. The van der Waals surface area contributed by atoms with Crippen LogP contribution in [-0.4, -0.2) is 18.8 Å². The van der Waals surface area contributed by atoms with Gasteiger partial charge in [-0.05, 0) is 44.9 Å². The molecule has 2 nitrogen and oxygen atoms in total. The van der Waals surface area contributed by atoms with E-state index in [-0.39, 0.29) is 5.56 Å². The molecular weight excluding hydrogens is 272 g/mol. The maximum Gasteiger partial charge on any atom is 0.131 e. The van der Waals surface area contributed by atoms with Crippen LogP contribution >= 0.6 is 0 Å². The predicted octanol–water partition coefficient (Wildman–Crippen LogP) is 4.60. The number of ether oxygens (including phenoxy) is 1. The number of nitrogens with one attached hydrogen (secondary N) is 1. The van der Waals surface area contributed by atoms with Crippen LogP contribution in [0.2, 0.25) is 0 Å². The highest BCUT2D eigenvalue weighted by Gasteiger charge is 2.40. The highest BCUT2D eigenvalue weighted by molar-refractivity contribution is 5.26. The quantitative estimate of drug-likeness (QED) is 0.719. The Kier molecular flexibility index (Phi) is 7.26. The molecule has 0 aliphatic heterocycles. The van der Waals surface area contributed by atoms with Crippen LogP contribution in [0.15, 0.2) is 18.2 Å². The Labute approximate surface area is 126 Å². The molecule has 4 heteroatoms. The molecule has 0 saturated carbocycles. The van der Waals surface area contributed by atoms with E-state index in [4.69, 9.17) is 4.74 Å². The summed E-state index contributed by atoms with van der Waals surface area (Å²) in [5.41, 5.74) is -0.518. The fraction of sp³-hybridized carbons (Fsp3) is 0.647. The van der Waals surface area contributed by atoms with E-state index in [1.807, 2.05) is 27.7 Å². The highest BCUT2D eigenvalue weighted by Crippen LogP contribution is 2.37. The first-order valence-electron chi connectivity index (χ1n) is 7.87. The number of hydrogen-bond acceptors (Lipinski definition) is 2. The summed E-state index contributed by atoms with van der Waals surface area (Å²) in [6.07, 6.45) is 2.27. The second-order valence-corrected chi connectivity index (χ2v) is 5.23. The smallest absolute Gasteiger partial charge is 0.131 e. The van der Waals surface area contributed by atoms with Crippen LogP contribution in [0.4, 0.5) is 8.78 Å². The van der Waals surface area contributed by atoms with Crippen molar-refractivity contribution in [3.63, 3.8) is 0 Å². The molecule has 21 heavy (non-hydrogen) atoms. The topological polar surface area (TPSA) is 21.3 Å². The van der Waals surface area contributed by atoms with Crippen molar-refractivity contribution in [1.82, 2.24) is 5.32 Å². The molecule has 1 atom stereocenters. The number of benzene rings is 1. The molecule has 0 radical (unpaired) electrons. The summed E-state index contributed by atoms with van der Waals surface area (Å²) in [6.45, 7) is 9.14. The molecular formula is C17H27F2NO. The maximum absolute atomic E-state index is 14.2. The second-order valence-electron chi connectivity index (χ2n) is 5.23. The van der Waals surface area contributed by atoms with E-state index in [0.29, 0.717) is 26.0 Å². The standard InChI is InChI=1S/C17H27F2NO/c1-5-12-20-16(17(6-2,7-3)21-8-4)15-13(18)10-9-11-14(15)19/h9-11,16,20H,5-8,12H2,1-4H3. The van der Waals surface area contributed by atoms with Crippen molar-refractivity contribution in [2.75, 3.05) is 13.2 Å². The average Bonchev–Trinajstić information content (AvgIpc) is 2.48. The van der Waals surface area contributed by atoms with Crippen molar-refractivity contribution < 1.29 is 13.5 Å². The molecule has 1 N–H and O–H groups in total. The first kappa shape index (κ1) is 18.1. The van der Waals surface area contributed by atoms with Crippen molar-refractivity contribution >= 4 is 0 Å². The normalized spacial score (nSPS) is 13.4. The Morgan fingerprint density at radius 2 is 1.67 bits per heavy atom.